The SMILES string of the molecule is Nc1c(F)cccc1C(=O)NCc1ccc(O)cc1. The molecule has 2 aromatic rings. The Bertz CT molecular complexity index is 597. The van der Waals surface area contributed by atoms with Gasteiger partial charge in [0.2, 0.25) is 0 Å². The predicted octanol–water partition coefficient (Wildman–Crippen LogP) is 2.04. The number of phenols is 1. The number of nitrogens with one attached hydrogen (secondary N) is 1. The van der Waals surface area contributed by atoms with Crippen LogP contribution in [0.4, 0.5) is 10.1 Å². The Labute approximate surface area is 109 Å². The lowest BCUT2D eigenvalue weighted by Gasteiger charge is -2.08. The molecule has 98 valence electrons. The number of nitrogens with two attached hydrogens (primary N) is 1. The van der Waals surface area contributed by atoms with Crippen molar-refractivity contribution < 1.29 is 14.3 Å². The molecule has 19 heavy (non-hydrogen) atoms. The third kappa shape index (κ3) is 3.01. The van der Waals surface area contributed by atoms with Crippen LogP contribution >= 0.6 is 0 Å². The van der Waals surface area contributed by atoms with Crippen molar-refractivity contribution >= 4 is 11.6 Å². The second-order valence-electron chi connectivity index (χ2n) is 4.05. The molecule has 0 aliphatic heterocycles. The third-order valence-electron chi connectivity index (χ3n) is 2.69. The van der Waals surface area contributed by atoms with Crippen molar-refractivity contribution in [1.82, 2.24) is 5.32 Å². The molecule has 5 heteroatoms. The highest BCUT2D eigenvalue weighted by Crippen LogP contribution is 2.16. The normalized spacial score (nSPS) is 10.2. The average molecular weight is 260 g/mol. The maximum absolute atomic E-state index is 13.2. The van der Waals surface area contributed by atoms with Crippen molar-refractivity contribution in [3.63, 3.8) is 0 Å². The van der Waals surface area contributed by atoms with E-state index in [0.29, 0.717) is 0 Å². The number of halogens is 1. The smallest absolute Gasteiger partial charge is 0.253 e. The van der Waals surface area contributed by atoms with E-state index in [4.69, 9.17) is 10.8 Å². The number of carbonyl (C=O) groups excluding carboxylic acids is 1. The summed E-state index contributed by atoms with van der Waals surface area (Å²) >= 11 is 0. The Hall–Kier alpha value is -2.56. The summed E-state index contributed by atoms with van der Waals surface area (Å²) in [5.74, 6) is -0.896. The molecule has 0 aromatic heterocycles. The van der Waals surface area contributed by atoms with Gasteiger partial charge in [-0.25, -0.2) is 4.39 Å². The lowest BCUT2D eigenvalue weighted by molar-refractivity contribution is 0.0951. The number of aromatic hydroxyl groups is 1. The molecule has 0 bridgehead atoms. The van der Waals surface area contributed by atoms with Crippen molar-refractivity contribution in [2.75, 3.05) is 5.73 Å². The molecule has 0 saturated heterocycles. The van der Waals surface area contributed by atoms with Gasteiger partial charge in [-0.3, -0.25) is 4.79 Å². The van der Waals surface area contributed by atoms with Crippen LogP contribution in [0.2, 0.25) is 0 Å². The topological polar surface area (TPSA) is 75.4 Å². The van der Waals surface area contributed by atoms with E-state index in [-0.39, 0.29) is 23.5 Å². The molecule has 0 saturated carbocycles. The maximum atomic E-state index is 13.2. The maximum Gasteiger partial charge on any atom is 0.253 e. The van der Waals surface area contributed by atoms with E-state index in [1.807, 2.05) is 0 Å². The Morgan fingerprint density at radius 3 is 2.58 bits per heavy atom. The van der Waals surface area contributed by atoms with Crippen LogP contribution < -0.4 is 11.1 Å². The van der Waals surface area contributed by atoms with Gasteiger partial charge in [0.05, 0.1) is 11.3 Å². The molecule has 4 N–H and O–H groups in total. The van der Waals surface area contributed by atoms with Gasteiger partial charge in [-0.1, -0.05) is 18.2 Å². The molecule has 2 rings (SSSR count). The molecular formula is C14H13FN2O2. The molecular weight excluding hydrogens is 247 g/mol. The molecule has 0 fully saturated rings. The molecule has 0 atom stereocenters. The van der Waals surface area contributed by atoms with E-state index >= 15 is 0 Å². The zero-order valence-electron chi connectivity index (χ0n) is 10.1. The average Bonchev–Trinajstić information content (AvgIpc) is 2.41. The van der Waals surface area contributed by atoms with Crippen LogP contribution in [-0.4, -0.2) is 11.0 Å². The Morgan fingerprint density at radius 2 is 1.89 bits per heavy atom. The van der Waals surface area contributed by atoms with Crippen LogP contribution in [-0.2, 0) is 6.54 Å². The van der Waals surface area contributed by atoms with Crippen molar-refractivity contribution in [1.29, 1.82) is 0 Å². The summed E-state index contributed by atoms with van der Waals surface area (Å²) < 4.78 is 13.2. The van der Waals surface area contributed by atoms with Gasteiger partial charge < -0.3 is 16.2 Å². The van der Waals surface area contributed by atoms with Crippen LogP contribution in [0.25, 0.3) is 0 Å². The molecule has 0 aliphatic carbocycles. The first kappa shape index (κ1) is 12.9. The summed E-state index contributed by atoms with van der Waals surface area (Å²) in [6, 6.07) is 10.5. The Kier molecular flexibility index (Phi) is 3.66. The number of phenolic OH excluding ortho intramolecular Hbond substituents is 1. The van der Waals surface area contributed by atoms with Crippen LogP contribution in [0.3, 0.4) is 0 Å². The summed E-state index contributed by atoms with van der Waals surface area (Å²) in [5, 5.41) is 11.8. The van der Waals surface area contributed by atoms with E-state index in [0.717, 1.165) is 5.56 Å². The number of benzene rings is 2. The van der Waals surface area contributed by atoms with Crippen molar-refractivity contribution in [3.05, 3.63) is 59.4 Å². The fourth-order valence-corrected chi connectivity index (χ4v) is 1.63. The van der Waals surface area contributed by atoms with Crippen LogP contribution in [0.5, 0.6) is 5.75 Å². The Morgan fingerprint density at radius 1 is 1.21 bits per heavy atom. The number of hydrogen-bond acceptors (Lipinski definition) is 3. The number of amides is 1. The molecule has 0 aliphatic rings. The van der Waals surface area contributed by atoms with E-state index in [1.54, 1.807) is 12.1 Å². The van der Waals surface area contributed by atoms with Crippen LogP contribution in [0.1, 0.15) is 15.9 Å². The molecule has 2 aromatic carbocycles. The zero-order valence-corrected chi connectivity index (χ0v) is 10.1. The van der Waals surface area contributed by atoms with Crippen molar-refractivity contribution in [3.8, 4) is 5.75 Å². The van der Waals surface area contributed by atoms with Gasteiger partial charge in [-0.15, -0.1) is 0 Å². The summed E-state index contributed by atoms with van der Waals surface area (Å²) in [4.78, 5) is 11.9. The van der Waals surface area contributed by atoms with Crippen molar-refractivity contribution in [2.24, 2.45) is 0 Å². The van der Waals surface area contributed by atoms with Crippen molar-refractivity contribution in [2.45, 2.75) is 6.54 Å². The fraction of sp³-hybridized carbons (Fsp3) is 0.0714. The molecule has 0 heterocycles. The fourth-order valence-electron chi connectivity index (χ4n) is 1.63. The lowest BCUT2D eigenvalue weighted by Crippen LogP contribution is -2.24. The predicted molar refractivity (Wildman–Crippen MR) is 70.1 cm³/mol. The van der Waals surface area contributed by atoms with Gasteiger partial charge in [0.15, 0.2) is 0 Å². The van der Waals surface area contributed by atoms with Gasteiger partial charge in [-0.2, -0.15) is 0 Å². The molecule has 1 amide bonds. The van der Waals surface area contributed by atoms with E-state index in [1.165, 1.54) is 30.3 Å². The van der Waals surface area contributed by atoms with Crippen LogP contribution in [0.15, 0.2) is 42.5 Å². The minimum atomic E-state index is -0.614. The first-order valence-electron chi connectivity index (χ1n) is 5.68. The summed E-state index contributed by atoms with van der Waals surface area (Å²) in [5.41, 5.74) is 6.27. The van der Waals surface area contributed by atoms with Gasteiger partial charge in [0, 0.05) is 6.54 Å². The van der Waals surface area contributed by atoms with E-state index in [9.17, 15) is 9.18 Å². The second-order valence-corrected chi connectivity index (χ2v) is 4.05. The van der Waals surface area contributed by atoms with E-state index in [2.05, 4.69) is 5.32 Å². The van der Waals surface area contributed by atoms with Gasteiger partial charge in [0.25, 0.3) is 5.91 Å². The highest BCUT2D eigenvalue weighted by molar-refractivity contribution is 5.99. The second kappa shape index (κ2) is 5.39. The monoisotopic (exact) mass is 260 g/mol. The van der Waals surface area contributed by atoms with Gasteiger partial charge in [-0.05, 0) is 29.8 Å². The number of nitrogen functional groups attached to an aromatic ring is 1. The largest absolute Gasteiger partial charge is 0.508 e. The number of hydrogen-bond donors (Lipinski definition) is 3. The minimum absolute atomic E-state index is 0.110. The van der Waals surface area contributed by atoms with Gasteiger partial charge in [0.1, 0.15) is 11.6 Å². The molecule has 0 spiro atoms. The third-order valence-corrected chi connectivity index (χ3v) is 2.69. The number of anilines is 1. The van der Waals surface area contributed by atoms with Gasteiger partial charge >= 0.3 is 0 Å². The highest BCUT2D eigenvalue weighted by atomic mass is 19.1. The van der Waals surface area contributed by atoms with E-state index < -0.39 is 11.7 Å². The quantitative estimate of drug-likeness (QED) is 0.739. The number of rotatable bonds is 3. The first-order valence-corrected chi connectivity index (χ1v) is 5.68. The number of para-hydroxylation sites is 1. The summed E-state index contributed by atoms with van der Waals surface area (Å²) in [7, 11) is 0. The lowest BCUT2D eigenvalue weighted by atomic mass is 10.1. The minimum Gasteiger partial charge on any atom is -0.508 e. The highest BCUT2D eigenvalue weighted by Gasteiger charge is 2.11. The molecule has 4 nitrogen and oxygen atoms in total. The number of carbonyl (C=O) groups is 1. The van der Waals surface area contributed by atoms with Crippen LogP contribution in [0, 0.1) is 5.82 Å². The summed E-state index contributed by atoms with van der Waals surface area (Å²) in [6.45, 7) is 0.273. The summed E-state index contributed by atoms with van der Waals surface area (Å²) in [6.07, 6.45) is 0. The molecule has 0 unspecified atom stereocenters. The molecule has 0 radical (unpaired) electrons. The first-order chi connectivity index (χ1) is 9.08. The Balaban J connectivity index is 2.05. The zero-order chi connectivity index (χ0) is 13.8. The standard InChI is InChI=1S/C14H13FN2O2/c15-12-3-1-2-11(13(12)16)14(19)17-8-9-4-6-10(18)7-5-9/h1-7,18H,8,16H2,(H,17,19).